The van der Waals surface area contributed by atoms with Crippen molar-refractivity contribution in [3.63, 3.8) is 0 Å². The first-order valence-electron chi connectivity index (χ1n) is 6.24. The van der Waals surface area contributed by atoms with E-state index in [9.17, 15) is 0 Å². The molecule has 2 N–H and O–H groups in total. The highest BCUT2D eigenvalue weighted by atomic mass is 16.5. The summed E-state index contributed by atoms with van der Waals surface area (Å²) in [5, 5.41) is 0. The van der Waals surface area contributed by atoms with E-state index < -0.39 is 0 Å². The first-order valence-corrected chi connectivity index (χ1v) is 6.24. The molecule has 2 rings (SSSR count). The number of likely N-dealkylation sites (N-methyl/N-ethyl adjacent to an activating group) is 1. The van der Waals surface area contributed by atoms with E-state index in [-0.39, 0.29) is 5.54 Å². The molecule has 1 saturated heterocycles. The highest BCUT2D eigenvalue weighted by Gasteiger charge is 2.29. The second-order valence-corrected chi connectivity index (χ2v) is 5.17. The van der Waals surface area contributed by atoms with Crippen LogP contribution in [0.3, 0.4) is 0 Å². The molecule has 1 aliphatic heterocycles. The van der Waals surface area contributed by atoms with E-state index in [4.69, 9.17) is 10.5 Å². The largest absolute Gasteiger partial charge is 0.381 e. The second-order valence-electron chi connectivity index (χ2n) is 5.17. The van der Waals surface area contributed by atoms with Crippen LogP contribution in [0.4, 0.5) is 5.69 Å². The predicted octanol–water partition coefficient (Wildman–Crippen LogP) is 1.94. The van der Waals surface area contributed by atoms with Crippen molar-refractivity contribution < 1.29 is 4.74 Å². The Morgan fingerprint density at radius 2 is 2.06 bits per heavy atom. The Balaban J connectivity index is 2.03. The molecule has 0 spiro atoms. The maximum Gasteiger partial charge on any atom is 0.0484 e. The first-order chi connectivity index (χ1) is 8.09. The molecule has 0 aliphatic carbocycles. The van der Waals surface area contributed by atoms with Gasteiger partial charge in [-0.15, -0.1) is 0 Å². The van der Waals surface area contributed by atoms with Gasteiger partial charge < -0.3 is 15.4 Å². The molecule has 0 bridgehead atoms. The van der Waals surface area contributed by atoms with Crippen LogP contribution in [0.15, 0.2) is 24.3 Å². The van der Waals surface area contributed by atoms with Gasteiger partial charge in [-0.2, -0.15) is 0 Å². The Morgan fingerprint density at radius 1 is 1.35 bits per heavy atom. The molecule has 0 amide bonds. The fraction of sp³-hybridized carbons (Fsp3) is 0.571. The molecule has 1 aromatic rings. The average Bonchev–Trinajstić information content (AvgIpc) is 2.29. The fourth-order valence-corrected chi connectivity index (χ4v) is 2.37. The third-order valence-electron chi connectivity index (χ3n) is 3.48. The van der Waals surface area contributed by atoms with Gasteiger partial charge in [-0.05, 0) is 37.5 Å². The van der Waals surface area contributed by atoms with Crippen LogP contribution in [-0.2, 0) is 4.74 Å². The second kappa shape index (κ2) is 5.07. The molecule has 1 aromatic carbocycles. The summed E-state index contributed by atoms with van der Waals surface area (Å²) in [5.74, 6) is 0. The zero-order valence-corrected chi connectivity index (χ0v) is 10.8. The lowest BCUT2D eigenvalue weighted by atomic mass is 9.90. The van der Waals surface area contributed by atoms with Crippen molar-refractivity contribution >= 4 is 5.69 Å². The van der Waals surface area contributed by atoms with Crippen molar-refractivity contribution in [1.82, 2.24) is 0 Å². The zero-order chi connectivity index (χ0) is 12.3. The SMILES string of the molecule is Cc1cccc(N(C)CC2(N)CCOCC2)c1. The van der Waals surface area contributed by atoms with Gasteiger partial charge in [-0.25, -0.2) is 0 Å². The van der Waals surface area contributed by atoms with Crippen LogP contribution >= 0.6 is 0 Å². The molecule has 1 fully saturated rings. The van der Waals surface area contributed by atoms with Crippen molar-refractivity contribution in [2.45, 2.75) is 25.3 Å². The van der Waals surface area contributed by atoms with E-state index in [0.717, 1.165) is 32.6 Å². The van der Waals surface area contributed by atoms with E-state index in [1.165, 1.54) is 11.3 Å². The van der Waals surface area contributed by atoms with Crippen LogP contribution in [0, 0.1) is 6.92 Å². The van der Waals surface area contributed by atoms with E-state index in [0.29, 0.717) is 0 Å². The van der Waals surface area contributed by atoms with Crippen LogP contribution in [-0.4, -0.2) is 32.3 Å². The molecule has 0 saturated carbocycles. The van der Waals surface area contributed by atoms with Gasteiger partial charge in [0, 0.05) is 38.0 Å². The molecule has 0 aromatic heterocycles. The molecular weight excluding hydrogens is 212 g/mol. The molecule has 3 nitrogen and oxygen atoms in total. The van der Waals surface area contributed by atoms with Crippen LogP contribution in [0.2, 0.25) is 0 Å². The van der Waals surface area contributed by atoms with Crippen molar-refractivity contribution in [2.75, 3.05) is 31.7 Å². The van der Waals surface area contributed by atoms with Gasteiger partial charge >= 0.3 is 0 Å². The molecular formula is C14H22N2O. The Labute approximate surface area is 104 Å². The molecule has 94 valence electrons. The summed E-state index contributed by atoms with van der Waals surface area (Å²) in [5.41, 5.74) is 8.84. The number of nitrogens with zero attached hydrogens (tertiary/aromatic N) is 1. The Kier molecular flexibility index (Phi) is 3.69. The summed E-state index contributed by atoms with van der Waals surface area (Å²) in [7, 11) is 2.11. The summed E-state index contributed by atoms with van der Waals surface area (Å²) >= 11 is 0. The number of aryl methyl sites for hydroxylation is 1. The molecule has 17 heavy (non-hydrogen) atoms. The van der Waals surface area contributed by atoms with Gasteiger partial charge in [0.1, 0.15) is 0 Å². The summed E-state index contributed by atoms with van der Waals surface area (Å²) in [6, 6.07) is 8.54. The van der Waals surface area contributed by atoms with E-state index in [1.807, 2.05) is 0 Å². The van der Waals surface area contributed by atoms with Gasteiger partial charge in [0.2, 0.25) is 0 Å². The van der Waals surface area contributed by atoms with Gasteiger partial charge in [0.05, 0.1) is 0 Å². The van der Waals surface area contributed by atoms with E-state index in [2.05, 4.69) is 43.1 Å². The number of anilines is 1. The standard InChI is InChI=1S/C14H22N2O/c1-12-4-3-5-13(10-12)16(2)11-14(15)6-8-17-9-7-14/h3-5,10H,6-9,11,15H2,1-2H3. The topological polar surface area (TPSA) is 38.5 Å². The normalized spacial score (nSPS) is 19.0. The lowest BCUT2D eigenvalue weighted by Gasteiger charge is -2.37. The summed E-state index contributed by atoms with van der Waals surface area (Å²) < 4.78 is 5.37. The van der Waals surface area contributed by atoms with Gasteiger partial charge in [-0.1, -0.05) is 12.1 Å². The minimum absolute atomic E-state index is 0.100. The minimum Gasteiger partial charge on any atom is -0.381 e. The van der Waals surface area contributed by atoms with Gasteiger partial charge in [0.25, 0.3) is 0 Å². The smallest absolute Gasteiger partial charge is 0.0484 e. The highest BCUT2D eigenvalue weighted by Crippen LogP contribution is 2.22. The first kappa shape index (κ1) is 12.4. The number of nitrogens with two attached hydrogens (primary N) is 1. The fourth-order valence-electron chi connectivity index (χ4n) is 2.37. The molecule has 1 heterocycles. The van der Waals surface area contributed by atoms with Crippen LogP contribution < -0.4 is 10.6 Å². The average molecular weight is 234 g/mol. The summed E-state index contributed by atoms with van der Waals surface area (Å²) in [6.45, 7) is 4.58. The molecule has 1 aliphatic rings. The number of hydrogen-bond acceptors (Lipinski definition) is 3. The predicted molar refractivity (Wildman–Crippen MR) is 71.4 cm³/mol. The third-order valence-corrected chi connectivity index (χ3v) is 3.48. The van der Waals surface area contributed by atoms with E-state index in [1.54, 1.807) is 0 Å². The summed E-state index contributed by atoms with van der Waals surface area (Å²) in [4.78, 5) is 2.25. The Bertz CT molecular complexity index is 372. The number of ether oxygens (including phenoxy) is 1. The number of benzene rings is 1. The quantitative estimate of drug-likeness (QED) is 0.868. The van der Waals surface area contributed by atoms with Crippen molar-refractivity contribution in [3.05, 3.63) is 29.8 Å². The van der Waals surface area contributed by atoms with Crippen molar-refractivity contribution in [2.24, 2.45) is 5.73 Å². The lowest BCUT2D eigenvalue weighted by molar-refractivity contribution is 0.0558. The zero-order valence-electron chi connectivity index (χ0n) is 10.8. The van der Waals surface area contributed by atoms with Gasteiger partial charge in [-0.3, -0.25) is 0 Å². The molecule has 3 heteroatoms. The van der Waals surface area contributed by atoms with Crippen molar-refractivity contribution in [3.8, 4) is 0 Å². The van der Waals surface area contributed by atoms with E-state index >= 15 is 0 Å². The highest BCUT2D eigenvalue weighted by molar-refractivity contribution is 5.48. The van der Waals surface area contributed by atoms with Crippen LogP contribution in [0.5, 0.6) is 0 Å². The Morgan fingerprint density at radius 3 is 2.71 bits per heavy atom. The molecule has 0 atom stereocenters. The lowest BCUT2D eigenvalue weighted by Crippen LogP contribution is -2.52. The number of hydrogen-bond donors (Lipinski definition) is 1. The summed E-state index contributed by atoms with van der Waals surface area (Å²) in [6.07, 6.45) is 1.90. The number of rotatable bonds is 3. The third kappa shape index (κ3) is 3.20. The molecule has 0 unspecified atom stereocenters. The van der Waals surface area contributed by atoms with Crippen molar-refractivity contribution in [1.29, 1.82) is 0 Å². The van der Waals surface area contributed by atoms with Crippen LogP contribution in [0.25, 0.3) is 0 Å². The molecule has 0 radical (unpaired) electrons. The maximum absolute atomic E-state index is 6.41. The van der Waals surface area contributed by atoms with Crippen LogP contribution in [0.1, 0.15) is 18.4 Å². The van der Waals surface area contributed by atoms with Gasteiger partial charge in [0.15, 0.2) is 0 Å². The maximum atomic E-state index is 6.41. The minimum atomic E-state index is -0.100. The Hall–Kier alpha value is -1.06. The monoisotopic (exact) mass is 234 g/mol.